The van der Waals surface area contributed by atoms with Gasteiger partial charge in [0.05, 0.1) is 6.54 Å². The molecule has 2 rings (SSSR count). The smallest absolute Gasteiger partial charge is 0.238 e. The standard InChI is InChI=1S/C13H17F2N3O/c14-10-2-1-3-11(15)13(10)17-12(19)8-18-6-4-9(16)5-7-18/h1-3,9H,4-8,16H2,(H,17,19). The Morgan fingerprint density at radius 2 is 1.89 bits per heavy atom. The molecule has 1 fully saturated rings. The molecule has 0 atom stereocenters. The summed E-state index contributed by atoms with van der Waals surface area (Å²) >= 11 is 0. The van der Waals surface area contributed by atoms with Crippen LogP contribution in [0.5, 0.6) is 0 Å². The summed E-state index contributed by atoms with van der Waals surface area (Å²) in [6.45, 7) is 1.59. The quantitative estimate of drug-likeness (QED) is 0.870. The minimum atomic E-state index is -0.769. The Balaban J connectivity index is 1.91. The molecule has 1 aromatic carbocycles. The zero-order chi connectivity index (χ0) is 13.8. The number of hydrogen-bond donors (Lipinski definition) is 2. The Morgan fingerprint density at radius 1 is 1.32 bits per heavy atom. The van der Waals surface area contributed by atoms with Gasteiger partial charge in [-0.1, -0.05) is 6.07 Å². The number of likely N-dealkylation sites (tertiary alicyclic amines) is 1. The third-order valence-electron chi connectivity index (χ3n) is 3.23. The molecule has 0 unspecified atom stereocenters. The number of nitrogens with one attached hydrogen (secondary N) is 1. The monoisotopic (exact) mass is 269 g/mol. The summed E-state index contributed by atoms with van der Waals surface area (Å²) in [5.41, 5.74) is 5.38. The predicted octanol–water partition coefficient (Wildman–Crippen LogP) is 1.33. The molecule has 3 N–H and O–H groups in total. The summed E-state index contributed by atoms with van der Waals surface area (Å²) in [6, 6.07) is 3.66. The van der Waals surface area contributed by atoms with Crippen LogP contribution in [0.15, 0.2) is 18.2 Å². The minimum Gasteiger partial charge on any atom is -0.328 e. The third kappa shape index (κ3) is 3.71. The molecule has 0 aliphatic carbocycles. The second kappa shape index (κ2) is 6.08. The first-order valence-corrected chi connectivity index (χ1v) is 6.28. The second-order valence-electron chi connectivity index (χ2n) is 4.76. The van der Waals surface area contributed by atoms with E-state index in [-0.39, 0.29) is 18.3 Å². The Kier molecular flexibility index (Phi) is 4.44. The maximum absolute atomic E-state index is 13.4. The molecule has 4 nitrogen and oxygen atoms in total. The molecule has 1 aliphatic rings. The number of anilines is 1. The van der Waals surface area contributed by atoms with Crippen molar-refractivity contribution in [2.45, 2.75) is 18.9 Å². The maximum Gasteiger partial charge on any atom is 0.238 e. The maximum atomic E-state index is 13.4. The molecule has 1 saturated heterocycles. The first kappa shape index (κ1) is 13.9. The summed E-state index contributed by atoms with van der Waals surface area (Å²) in [7, 11) is 0. The molecule has 1 aliphatic heterocycles. The normalized spacial score (nSPS) is 17.4. The summed E-state index contributed by atoms with van der Waals surface area (Å²) < 4.78 is 26.7. The van der Waals surface area contributed by atoms with E-state index < -0.39 is 17.5 Å². The van der Waals surface area contributed by atoms with E-state index in [9.17, 15) is 13.6 Å². The third-order valence-corrected chi connectivity index (χ3v) is 3.23. The molecule has 1 heterocycles. The number of piperidine rings is 1. The van der Waals surface area contributed by atoms with Gasteiger partial charge in [-0.2, -0.15) is 0 Å². The van der Waals surface area contributed by atoms with Crippen molar-refractivity contribution >= 4 is 11.6 Å². The van der Waals surface area contributed by atoms with Crippen molar-refractivity contribution < 1.29 is 13.6 Å². The van der Waals surface area contributed by atoms with Gasteiger partial charge in [0, 0.05) is 19.1 Å². The molecular weight excluding hydrogens is 252 g/mol. The lowest BCUT2D eigenvalue weighted by atomic mass is 10.1. The number of carbonyl (C=O) groups is 1. The highest BCUT2D eigenvalue weighted by Gasteiger charge is 2.19. The van der Waals surface area contributed by atoms with Crippen molar-refractivity contribution in [3.63, 3.8) is 0 Å². The summed E-state index contributed by atoms with van der Waals surface area (Å²) in [5.74, 6) is -1.96. The number of nitrogens with zero attached hydrogens (tertiary/aromatic N) is 1. The van der Waals surface area contributed by atoms with E-state index in [1.54, 1.807) is 0 Å². The molecule has 1 amide bonds. The highest BCUT2D eigenvalue weighted by atomic mass is 19.1. The molecule has 1 aromatic rings. The van der Waals surface area contributed by atoms with Crippen molar-refractivity contribution in [1.29, 1.82) is 0 Å². The Hall–Kier alpha value is -1.53. The highest BCUT2D eigenvalue weighted by molar-refractivity contribution is 5.92. The van der Waals surface area contributed by atoms with Gasteiger partial charge in [-0.25, -0.2) is 8.78 Å². The molecule has 19 heavy (non-hydrogen) atoms. The highest BCUT2D eigenvalue weighted by Crippen LogP contribution is 2.18. The second-order valence-corrected chi connectivity index (χ2v) is 4.76. The molecular formula is C13H17F2N3O. The van der Waals surface area contributed by atoms with Crippen LogP contribution in [0.3, 0.4) is 0 Å². The molecule has 0 aromatic heterocycles. The fourth-order valence-electron chi connectivity index (χ4n) is 2.11. The van der Waals surface area contributed by atoms with Gasteiger partial charge in [0.25, 0.3) is 0 Å². The van der Waals surface area contributed by atoms with Crippen molar-refractivity contribution in [2.24, 2.45) is 5.73 Å². The molecule has 6 heteroatoms. The van der Waals surface area contributed by atoms with Crippen molar-refractivity contribution in [3.8, 4) is 0 Å². The van der Waals surface area contributed by atoms with Crippen molar-refractivity contribution in [3.05, 3.63) is 29.8 Å². The average Bonchev–Trinajstić information content (AvgIpc) is 2.37. The largest absolute Gasteiger partial charge is 0.328 e. The van der Waals surface area contributed by atoms with Gasteiger partial charge < -0.3 is 11.1 Å². The molecule has 0 saturated carbocycles. The van der Waals surface area contributed by atoms with E-state index in [0.29, 0.717) is 0 Å². The number of para-hydroxylation sites is 1. The van der Waals surface area contributed by atoms with Gasteiger partial charge in [0.1, 0.15) is 17.3 Å². The van der Waals surface area contributed by atoms with Crippen LogP contribution in [-0.2, 0) is 4.79 Å². The number of benzene rings is 1. The van der Waals surface area contributed by atoms with E-state index in [4.69, 9.17) is 5.73 Å². The van der Waals surface area contributed by atoms with Crippen LogP contribution in [0.2, 0.25) is 0 Å². The van der Waals surface area contributed by atoms with Crippen molar-refractivity contribution in [2.75, 3.05) is 25.0 Å². The molecule has 0 spiro atoms. The SMILES string of the molecule is NC1CCN(CC(=O)Nc2c(F)cccc2F)CC1. The predicted molar refractivity (Wildman–Crippen MR) is 68.6 cm³/mol. The number of carbonyl (C=O) groups excluding carboxylic acids is 1. The van der Waals surface area contributed by atoms with Gasteiger partial charge >= 0.3 is 0 Å². The lowest BCUT2D eigenvalue weighted by Gasteiger charge is -2.29. The van der Waals surface area contributed by atoms with E-state index in [1.165, 1.54) is 6.07 Å². The topological polar surface area (TPSA) is 58.4 Å². The first-order chi connectivity index (χ1) is 9.06. The van der Waals surface area contributed by atoms with Crippen LogP contribution >= 0.6 is 0 Å². The minimum absolute atomic E-state index is 0.125. The lowest BCUT2D eigenvalue weighted by molar-refractivity contribution is -0.117. The van der Waals surface area contributed by atoms with E-state index in [1.807, 2.05) is 4.90 Å². The number of amides is 1. The fraction of sp³-hybridized carbons (Fsp3) is 0.462. The van der Waals surface area contributed by atoms with Crippen LogP contribution < -0.4 is 11.1 Å². The van der Waals surface area contributed by atoms with Gasteiger partial charge in [0.15, 0.2) is 0 Å². The fourth-order valence-corrected chi connectivity index (χ4v) is 2.11. The zero-order valence-corrected chi connectivity index (χ0v) is 10.5. The Morgan fingerprint density at radius 3 is 2.47 bits per heavy atom. The van der Waals surface area contributed by atoms with E-state index in [2.05, 4.69) is 5.32 Å². The van der Waals surface area contributed by atoms with Crippen LogP contribution in [0.4, 0.5) is 14.5 Å². The first-order valence-electron chi connectivity index (χ1n) is 6.28. The van der Waals surface area contributed by atoms with Crippen LogP contribution in [-0.4, -0.2) is 36.5 Å². The van der Waals surface area contributed by atoms with Gasteiger partial charge in [0.2, 0.25) is 5.91 Å². The Bertz CT molecular complexity index is 439. The van der Waals surface area contributed by atoms with Crippen LogP contribution in [0.1, 0.15) is 12.8 Å². The number of rotatable bonds is 3. The van der Waals surface area contributed by atoms with Crippen LogP contribution in [0, 0.1) is 11.6 Å². The number of hydrogen-bond acceptors (Lipinski definition) is 3. The molecule has 0 radical (unpaired) electrons. The summed E-state index contributed by atoms with van der Waals surface area (Å²) in [4.78, 5) is 13.7. The average molecular weight is 269 g/mol. The lowest BCUT2D eigenvalue weighted by Crippen LogP contribution is -2.43. The zero-order valence-electron chi connectivity index (χ0n) is 10.5. The van der Waals surface area contributed by atoms with E-state index >= 15 is 0 Å². The van der Waals surface area contributed by atoms with Crippen molar-refractivity contribution in [1.82, 2.24) is 4.90 Å². The van der Waals surface area contributed by atoms with Gasteiger partial charge in [-0.15, -0.1) is 0 Å². The molecule has 104 valence electrons. The summed E-state index contributed by atoms with van der Waals surface area (Å²) in [5, 5.41) is 2.28. The summed E-state index contributed by atoms with van der Waals surface area (Å²) in [6.07, 6.45) is 1.67. The Labute approximate surface area is 110 Å². The van der Waals surface area contributed by atoms with Gasteiger partial charge in [-0.05, 0) is 25.0 Å². The molecule has 0 bridgehead atoms. The van der Waals surface area contributed by atoms with Gasteiger partial charge in [-0.3, -0.25) is 9.69 Å². The number of nitrogens with two attached hydrogens (primary N) is 1. The number of halogens is 2. The van der Waals surface area contributed by atoms with Crippen LogP contribution in [0.25, 0.3) is 0 Å². The van der Waals surface area contributed by atoms with E-state index in [0.717, 1.165) is 38.1 Å².